The number of thioether (sulfide) groups is 1. The number of rotatable bonds is 3. The van der Waals surface area contributed by atoms with Gasteiger partial charge in [-0.25, -0.2) is 4.39 Å². The number of nitrogens with two attached hydrogens (primary N) is 1. The third-order valence-corrected chi connectivity index (χ3v) is 3.41. The highest BCUT2D eigenvalue weighted by atomic mass is 32.2. The van der Waals surface area contributed by atoms with Gasteiger partial charge in [-0.05, 0) is 44.5 Å². The average molecular weight is 213 g/mol. The predicted octanol–water partition coefficient (Wildman–Crippen LogP) is 2.96. The van der Waals surface area contributed by atoms with Crippen LogP contribution in [0.5, 0.6) is 0 Å². The van der Waals surface area contributed by atoms with E-state index < -0.39 is 0 Å². The van der Waals surface area contributed by atoms with Gasteiger partial charge in [0.25, 0.3) is 0 Å². The van der Waals surface area contributed by atoms with Gasteiger partial charge in [-0.2, -0.15) is 0 Å². The Morgan fingerprint density at radius 1 is 1.43 bits per heavy atom. The van der Waals surface area contributed by atoms with Crippen LogP contribution >= 0.6 is 11.8 Å². The molecule has 0 heterocycles. The van der Waals surface area contributed by atoms with Crippen molar-refractivity contribution >= 4 is 11.8 Å². The summed E-state index contributed by atoms with van der Waals surface area (Å²) in [5.41, 5.74) is 6.61. The molecule has 1 rings (SSSR count). The summed E-state index contributed by atoms with van der Waals surface area (Å²) in [6.07, 6.45) is 0. The van der Waals surface area contributed by atoms with E-state index >= 15 is 0 Å². The fourth-order valence-corrected chi connectivity index (χ4v) is 2.10. The van der Waals surface area contributed by atoms with Crippen molar-refractivity contribution in [1.82, 2.24) is 0 Å². The average Bonchev–Trinajstić information content (AvgIpc) is 2.10. The first-order chi connectivity index (χ1) is 6.44. The van der Waals surface area contributed by atoms with Gasteiger partial charge in [0.1, 0.15) is 5.82 Å². The van der Waals surface area contributed by atoms with Crippen LogP contribution in [-0.2, 0) is 0 Å². The van der Waals surface area contributed by atoms with E-state index in [1.54, 1.807) is 17.8 Å². The van der Waals surface area contributed by atoms with E-state index in [1.165, 1.54) is 6.07 Å². The summed E-state index contributed by atoms with van der Waals surface area (Å²) in [4.78, 5) is 1.10. The van der Waals surface area contributed by atoms with E-state index in [2.05, 4.69) is 13.8 Å². The summed E-state index contributed by atoms with van der Waals surface area (Å²) in [5.74, 6) is -0.183. The molecule has 0 aromatic heterocycles. The van der Waals surface area contributed by atoms with Crippen molar-refractivity contribution in [3.63, 3.8) is 0 Å². The molecule has 78 valence electrons. The van der Waals surface area contributed by atoms with Crippen LogP contribution in [0.2, 0.25) is 0 Å². The number of hydrogen-bond donors (Lipinski definition) is 1. The quantitative estimate of drug-likeness (QED) is 0.781. The van der Waals surface area contributed by atoms with Gasteiger partial charge >= 0.3 is 0 Å². The molecule has 0 aliphatic carbocycles. The fraction of sp³-hybridized carbons (Fsp3) is 0.455. The van der Waals surface area contributed by atoms with Crippen LogP contribution in [0.4, 0.5) is 4.39 Å². The molecule has 0 saturated heterocycles. The lowest BCUT2D eigenvalue weighted by Crippen LogP contribution is -2.26. The minimum Gasteiger partial charge on any atom is -0.329 e. The van der Waals surface area contributed by atoms with Gasteiger partial charge in [0.15, 0.2) is 0 Å². The van der Waals surface area contributed by atoms with E-state index in [0.29, 0.717) is 6.54 Å². The lowest BCUT2D eigenvalue weighted by Gasteiger charge is -2.22. The Hall–Kier alpha value is -0.540. The molecular weight excluding hydrogens is 197 g/mol. The topological polar surface area (TPSA) is 26.0 Å². The molecule has 0 spiro atoms. The van der Waals surface area contributed by atoms with E-state index in [-0.39, 0.29) is 10.6 Å². The van der Waals surface area contributed by atoms with Crippen molar-refractivity contribution in [2.45, 2.75) is 30.4 Å². The Morgan fingerprint density at radius 2 is 2.07 bits per heavy atom. The van der Waals surface area contributed by atoms with Crippen molar-refractivity contribution in [3.8, 4) is 0 Å². The van der Waals surface area contributed by atoms with Crippen molar-refractivity contribution < 1.29 is 4.39 Å². The van der Waals surface area contributed by atoms with Crippen molar-refractivity contribution in [2.24, 2.45) is 5.73 Å². The molecule has 1 aromatic carbocycles. The lowest BCUT2D eigenvalue weighted by atomic mass is 10.2. The van der Waals surface area contributed by atoms with Gasteiger partial charge in [-0.15, -0.1) is 11.8 Å². The largest absolute Gasteiger partial charge is 0.329 e. The van der Waals surface area contributed by atoms with E-state index in [4.69, 9.17) is 5.73 Å². The first kappa shape index (κ1) is 11.5. The first-order valence-electron chi connectivity index (χ1n) is 4.60. The summed E-state index contributed by atoms with van der Waals surface area (Å²) in [5, 5.41) is 0. The zero-order valence-corrected chi connectivity index (χ0v) is 9.62. The van der Waals surface area contributed by atoms with Gasteiger partial charge < -0.3 is 5.73 Å². The maximum absolute atomic E-state index is 12.8. The third kappa shape index (κ3) is 3.00. The Morgan fingerprint density at radius 3 is 2.57 bits per heavy atom. The van der Waals surface area contributed by atoms with Gasteiger partial charge in [0, 0.05) is 16.2 Å². The van der Waals surface area contributed by atoms with Crippen molar-refractivity contribution in [1.29, 1.82) is 0 Å². The predicted molar refractivity (Wildman–Crippen MR) is 60.1 cm³/mol. The van der Waals surface area contributed by atoms with Crippen LogP contribution in [0.15, 0.2) is 23.1 Å². The summed E-state index contributed by atoms with van der Waals surface area (Å²) >= 11 is 1.69. The molecular formula is C11H16FNS. The van der Waals surface area contributed by atoms with Crippen LogP contribution in [-0.4, -0.2) is 11.3 Å². The Labute approximate surface area is 88.9 Å². The SMILES string of the molecule is Cc1cc(F)ccc1SC(C)(C)CN. The zero-order chi connectivity index (χ0) is 10.8. The highest BCUT2D eigenvalue weighted by Crippen LogP contribution is 2.33. The minimum absolute atomic E-state index is 0.00257. The molecule has 0 fully saturated rings. The Balaban J connectivity index is 2.87. The second kappa shape index (κ2) is 4.32. The normalized spacial score (nSPS) is 11.8. The Bertz CT molecular complexity index is 323. The number of hydrogen-bond acceptors (Lipinski definition) is 2. The molecule has 0 aliphatic heterocycles. The van der Waals surface area contributed by atoms with Crippen LogP contribution in [0.3, 0.4) is 0 Å². The molecule has 3 heteroatoms. The highest BCUT2D eigenvalue weighted by Gasteiger charge is 2.18. The van der Waals surface area contributed by atoms with Crippen molar-refractivity contribution in [3.05, 3.63) is 29.6 Å². The lowest BCUT2D eigenvalue weighted by molar-refractivity contribution is 0.625. The third-order valence-electron chi connectivity index (χ3n) is 2.01. The van der Waals surface area contributed by atoms with Gasteiger partial charge in [0.2, 0.25) is 0 Å². The minimum atomic E-state index is -0.183. The molecule has 0 bridgehead atoms. The monoisotopic (exact) mass is 213 g/mol. The second-order valence-corrected chi connectivity index (χ2v) is 5.72. The van der Waals surface area contributed by atoms with Crippen LogP contribution in [0.1, 0.15) is 19.4 Å². The van der Waals surface area contributed by atoms with Gasteiger partial charge in [-0.3, -0.25) is 0 Å². The zero-order valence-electron chi connectivity index (χ0n) is 8.80. The molecule has 0 amide bonds. The van der Waals surface area contributed by atoms with Crippen LogP contribution < -0.4 is 5.73 Å². The van der Waals surface area contributed by atoms with Crippen LogP contribution in [0.25, 0.3) is 0 Å². The molecule has 1 aromatic rings. The summed E-state index contributed by atoms with van der Waals surface area (Å²) < 4.78 is 12.8. The van der Waals surface area contributed by atoms with Gasteiger partial charge in [0.05, 0.1) is 0 Å². The second-order valence-electron chi connectivity index (χ2n) is 3.98. The van der Waals surface area contributed by atoms with Crippen molar-refractivity contribution in [2.75, 3.05) is 6.54 Å². The van der Waals surface area contributed by atoms with E-state index in [9.17, 15) is 4.39 Å². The summed E-state index contributed by atoms with van der Waals surface area (Å²) in [6.45, 7) is 6.69. The number of benzene rings is 1. The maximum Gasteiger partial charge on any atom is 0.123 e. The van der Waals surface area contributed by atoms with E-state index in [0.717, 1.165) is 10.5 Å². The van der Waals surface area contributed by atoms with Crippen LogP contribution in [0, 0.1) is 12.7 Å². The van der Waals surface area contributed by atoms with E-state index in [1.807, 2.05) is 13.0 Å². The standard InChI is InChI=1S/C11H16FNS/c1-8-6-9(12)4-5-10(8)14-11(2,3)7-13/h4-6H,7,13H2,1-3H3. The smallest absolute Gasteiger partial charge is 0.123 e. The molecule has 0 saturated carbocycles. The summed E-state index contributed by atoms with van der Waals surface area (Å²) in [7, 11) is 0. The van der Waals surface area contributed by atoms with Gasteiger partial charge in [-0.1, -0.05) is 0 Å². The number of aryl methyl sites for hydroxylation is 1. The Kier molecular flexibility index (Phi) is 3.56. The molecule has 0 aliphatic rings. The maximum atomic E-state index is 12.8. The molecule has 1 nitrogen and oxygen atoms in total. The number of halogens is 1. The first-order valence-corrected chi connectivity index (χ1v) is 5.41. The molecule has 0 atom stereocenters. The molecule has 0 unspecified atom stereocenters. The fourth-order valence-electron chi connectivity index (χ4n) is 1.07. The summed E-state index contributed by atoms with van der Waals surface area (Å²) in [6, 6.07) is 4.85. The molecule has 0 radical (unpaired) electrons. The molecule has 2 N–H and O–H groups in total. The molecule has 14 heavy (non-hydrogen) atoms. The highest BCUT2D eigenvalue weighted by molar-refractivity contribution is 8.00.